The summed E-state index contributed by atoms with van der Waals surface area (Å²) in [6, 6.07) is 0.509. The summed E-state index contributed by atoms with van der Waals surface area (Å²) in [5.41, 5.74) is 5.65. The number of rotatable bonds is 5. The largest absolute Gasteiger partial charge is 0.339 e. The molecule has 0 aromatic carbocycles. The van der Waals surface area contributed by atoms with Crippen molar-refractivity contribution in [3.8, 4) is 0 Å². The molecule has 19 heavy (non-hydrogen) atoms. The third kappa shape index (κ3) is 4.20. The number of carbonyl (C=O) groups is 1. The first-order chi connectivity index (χ1) is 9.33. The Morgan fingerprint density at radius 2 is 1.53 bits per heavy atom. The fourth-order valence-corrected chi connectivity index (χ4v) is 3.71. The molecule has 0 aromatic heterocycles. The highest BCUT2D eigenvalue weighted by Crippen LogP contribution is 2.29. The topological polar surface area (TPSA) is 46.3 Å². The first kappa shape index (κ1) is 14.8. The van der Waals surface area contributed by atoms with Gasteiger partial charge in [0.05, 0.1) is 0 Å². The standard InChI is InChI=1S/C16H30N2O/c17-12-7-13-18(15-10-5-2-6-11-15)16(19)14-8-3-1-4-9-14/h14-15H,1-13,17H2. The van der Waals surface area contributed by atoms with Crippen LogP contribution >= 0.6 is 0 Å². The highest BCUT2D eigenvalue weighted by molar-refractivity contribution is 5.79. The van der Waals surface area contributed by atoms with E-state index in [2.05, 4.69) is 4.90 Å². The zero-order valence-electron chi connectivity index (χ0n) is 12.3. The quantitative estimate of drug-likeness (QED) is 0.831. The summed E-state index contributed by atoms with van der Waals surface area (Å²) in [6.45, 7) is 1.58. The minimum Gasteiger partial charge on any atom is -0.339 e. The van der Waals surface area contributed by atoms with E-state index in [0.29, 0.717) is 24.4 Å². The third-order valence-corrected chi connectivity index (χ3v) is 4.86. The predicted octanol–water partition coefficient (Wildman–Crippen LogP) is 3.08. The summed E-state index contributed by atoms with van der Waals surface area (Å²) >= 11 is 0. The summed E-state index contributed by atoms with van der Waals surface area (Å²) < 4.78 is 0. The minimum atomic E-state index is 0.313. The average molecular weight is 266 g/mol. The van der Waals surface area contributed by atoms with E-state index < -0.39 is 0 Å². The van der Waals surface area contributed by atoms with Gasteiger partial charge in [-0.1, -0.05) is 38.5 Å². The fourth-order valence-electron chi connectivity index (χ4n) is 3.71. The maximum Gasteiger partial charge on any atom is 0.225 e. The monoisotopic (exact) mass is 266 g/mol. The lowest BCUT2D eigenvalue weighted by atomic mass is 9.86. The average Bonchev–Trinajstić information content (AvgIpc) is 2.49. The molecule has 2 fully saturated rings. The van der Waals surface area contributed by atoms with Crippen molar-refractivity contribution in [2.75, 3.05) is 13.1 Å². The van der Waals surface area contributed by atoms with Crippen LogP contribution in [-0.2, 0) is 4.79 Å². The van der Waals surface area contributed by atoms with Crippen LogP contribution in [-0.4, -0.2) is 29.9 Å². The van der Waals surface area contributed by atoms with Gasteiger partial charge in [0.2, 0.25) is 5.91 Å². The van der Waals surface area contributed by atoms with E-state index in [4.69, 9.17) is 5.73 Å². The van der Waals surface area contributed by atoms with Gasteiger partial charge in [0.25, 0.3) is 0 Å². The Labute approximate surface area is 117 Å². The van der Waals surface area contributed by atoms with Crippen LogP contribution in [0.4, 0.5) is 0 Å². The summed E-state index contributed by atoms with van der Waals surface area (Å²) in [7, 11) is 0. The van der Waals surface area contributed by atoms with Crippen molar-refractivity contribution in [2.45, 2.75) is 76.7 Å². The van der Waals surface area contributed by atoms with Crippen molar-refractivity contribution in [1.29, 1.82) is 0 Å². The molecule has 2 saturated carbocycles. The molecule has 2 aliphatic rings. The number of carbonyl (C=O) groups excluding carboxylic acids is 1. The van der Waals surface area contributed by atoms with Crippen LogP contribution < -0.4 is 5.73 Å². The molecule has 2 N–H and O–H groups in total. The van der Waals surface area contributed by atoms with Crippen molar-refractivity contribution >= 4 is 5.91 Å². The van der Waals surface area contributed by atoms with Crippen LogP contribution in [0.25, 0.3) is 0 Å². The Morgan fingerprint density at radius 3 is 2.11 bits per heavy atom. The van der Waals surface area contributed by atoms with Crippen molar-refractivity contribution in [2.24, 2.45) is 11.7 Å². The molecule has 3 heteroatoms. The highest BCUT2D eigenvalue weighted by Gasteiger charge is 2.30. The number of hydrogen-bond donors (Lipinski definition) is 1. The molecule has 0 spiro atoms. The Morgan fingerprint density at radius 1 is 0.947 bits per heavy atom. The minimum absolute atomic E-state index is 0.313. The molecule has 0 aromatic rings. The van der Waals surface area contributed by atoms with E-state index in [-0.39, 0.29) is 0 Å². The normalized spacial score (nSPS) is 22.4. The van der Waals surface area contributed by atoms with E-state index in [1.165, 1.54) is 51.4 Å². The molecule has 0 heterocycles. The molecule has 0 saturated heterocycles. The molecule has 0 atom stereocenters. The van der Waals surface area contributed by atoms with Gasteiger partial charge >= 0.3 is 0 Å². The van der Waals surface area contributed by atoms with Gasteiger partial charge in [-0.25, -0.2) is 0 Å². The molecule has 3 nitrogen and oxygen atoms in total. The zero-order chi connectivity index (χ0) is 13.5. The molecule has 0 bridgehead atoms. The smallest absolute Gasteiger partial charge is 0.225 e. The molecular formula is C16H30N2O. The Bertz CT molecular complexity index is 268. The summed E-state index contributed by atoms with van der Waals surface area (Å²) in [5.74, 6) is 0.758. The van der Waals surface area contributed by atoms with Gasteiger partial charge in [0.15, 0.2) is 0 Å². The summed E-state index contributed by atoms with van der Waals surface area (Å²) in [4.78, 5) is 15.0. The lowest BCUT2D eigenvalue weighted by Crippen LogP contribution is -2.45. The van der Waals surface area contributed by atoms with Crippen LogP contribution in [0.3, 0.4) is 0 Å². The van der Waals surface area contributed by atoms with Gasteiger partial charge in [0.1, 0.15) is 0 Å². The second kappa shape index (κ2) is 7.88. The van der Waals surface area contributed by atoms with Gasteiger partial charge in [0, 0.05) is 18.5 Å². The van der Waals surface area contributed by atoms with Crippen LogP contribution in [0.2, 0.25) is 0 Å². The van der Waals surface area contributed by atoms with Crippen LogP contribution in [0.15, 0.2) is 0 Å². The molecule has 0 aliphatic heterocycles. The lowest BCUT2D eigenvalue weighted by Gasteiger charge is -2.37. The third-order valence-electron chi connectivity index (χ3n) is 4.86. The number of nitrogens with two attached hydrogens (primary N) is 1. The maximum atomic E-state index is 12.8. The lowest BCUT2D eigenvalue weighted by molar-refractivity contribution is -0.139. The van der Waals surface area contributed by atoms with Crippen molar-refractivity contribution in [3.63, 3.8) is 0 Å². The molecule has 2 rings (SSSR count). The second-order valence-electron chi connectivity index (χ2n) is 6.30. The van der Waals surface area contributed by atoms with E-state index >= 15 is 0 Å². The number of nitrogens with zero attached hydrogens (tertiary/aromatic N) is 1. The number of amides is 1. The first-order valence-electron chi connectivity index (χ1n) is 8.33. The van der Waals surface area contributed by atoms with Crippen LogP contribution in [0.1, 0.15) is 70.6 Å². The maximum absolute atomic E-state index is 12.8. The van der Waals surface area contributed by atoms with E-state index in [0.717, 1.165) is 25.8 Å². The Balaban J connectivity index is 1.95. The summed E-state index contributed by atoms with van der Waals surface area (Å²) in [5, 5.41) is 0. The van der Waals surface area contributed by atoms with Crippen molar-refractivity contribution < 1.29 is 4.79 Å². The molecule has 110 valence electrons. The van der Waals surface area contributed by atoms with Gasteiger partial charge < -0.3 is 10.6 Å². The molecule has 0 unspecified atom stereocenters. The summed E-state index contributed by atoms with van der Waals surface area (Å²) in [6.07, 6.45) is 13.3. The van der Waals surface area contributed by atoms with Gasteiger partial charge in [-0.15, -0.1) is 0 Å². The van der Waals surface area contributed by atoms with Crippen molar-refractivity contribution in [3.05, 3.63) is 0 Å². The Hall–Kier alpha value is -0.570. The number of hydrogen-bond acceptors (Lipinski definition) is 2. The first-order valence-corrected chi connectivity index (χ1v) is 8.33. The molecule has 1 amide bonds. The fraction of sp³-hybridized carbons (Fsp3) is 0.938. The Kier molecular flexibility index (Phi) is 6.15. The van der Waals surface area contributed by atoms with E-state index in [9.17, 15) is 4.79 Å². The van der Waals surface area contributed by atoms with Gasteiger partial charge in [-0.05, 0) is 38.6 Å². The molecular weight excluding hydrogens is 236 g/mol. The van der Waals surface area contributed by atoms with E-state index in [1.807, 2.05) is 0 Å². The SMILES string of the molecule is NCCCN(C(=O)C1CCCCC1)C1CCCCC1. The zero-order valence-corrected chi connectivity index (χ0v) is 12.3. The van der Waals surface area contributed by atoms with Crippen LogP contribution in [0, 0.1) is 5.92 Å². The molecule has 2 aliphatic carbocycles. The molecule has 0 radical (unpaired) electrons. The van der Waals surface area contributed by atoms with Crippen molar-refractivity contribution in [1.82, 2.24) is 4.90 Å². The van der Waals surface area contributed by atoms with Crippen LogP contribution in [0.5, 0.6) is 0 Å². The highest BCUT2D eigenvalue weighted by atomic mass is 16.2. The van der Waals surface area contributed by atoms with Gasteiger partial charge in [-0.2, -0.15) is 0 Å². The second-order valence-corrected chi connectivity index (χ2v) is 6.30. The van der Waals surface area contributed by atoms with Gasteiger partial charge in [-0.3, -0.25) is 4.79 Å². The van der Waals surface area contributed by atoms with E-state index in [1.54, 1.807) is 0 Å². The predicted molar refractivity (Wildman–Crippen MR) is 78.8 cm³/mol.